The van der Waals surface area contributed by atoms with Gasteiger partial charge in [-0.05, 0) is 51.3 Å². The van der Waals surface area contributed by atoms with Gasteiger partial charge in [-0.1, -0.05) is 18.2 Å². The van der Waals surface area contributed by atoms with Crippen molar-refractivity contribution in [2.45, 2.75) is 12.3 Å². The van der Waals surface area contributed by atoms with Crippen LogP contribution in [0.4, 0.5) is 0 Å². The van der Waals surface area contributed by atoms with Crippen molar-refractivity contribution in [3.63, 3.8) is 0 Å². The van der Waals surface area contributed by atoms with Crippen LogP contribution in [0.1, 0.15) is 11.1 Å². The lowest BCUT2D eigenvalue weighted by molar-refractivity contribution is 0.320. The van der Waals surface area contributed by atoms with E-state index >= 15 is 0 Å². The molecule has 0 bridgehead atoms. The smallest absolute Gasteiger partial charge is 0.133 e. The normalized spacial score (nSPS) is 10.3. The summed E-state index contributed by atoms with van der Waals surface area (Å²) in [4.78, 5) is 0. The third kappa shape index (κ3) is 4.15. The van der Waals surface area contributed by atoms with Crippen molar-refractivity contribution in [2.24, 2.45) is 0 Å². The van der Waals surface area contributed by atoms with Gasteiger partial charge in [0.1, 0.15) is 11.5 Å². The van der Waals surface area contributed by atoms with E-state index in [4.69, 9.17) is 21.1 Å². The second kappa shape index (κ2) is 7.55. The van der Waals surface area contributed by atoms with Crippen molar-refractivity contribution in [2.75, 3.05) is 13.7 Å². The zero-order chi connectivity index (χ0) is 14.4. The second-order valence-corrected chi connectivity index (χ2v) is 5.47. The maximum Gasteiger partial charge on any atom is 0.133 e. The van der Waals surface area contributed by atoms with Crippen LogP contribution in [-0.4, -0.2) is 13.7 Å². The average molecular weight is 356 g/mol. The fourth-order valence-corrected chi connectivity index (χ4v) is 2.52. The van der Waals surface area contributed by atoms with Crippen LogP contribution in [0.25, 0.3) is 0 Å². The summed E-state index contributed by atoms with van der Waals surface area (Å²) in [6, 6.07) is 13.9. The molecule has 106 valence electrons. The molecule has 0 fully saturated rings. The number of halogens is 2. The van der Waals surface area contributed by atoms with E-state index in [0.29, 0.717) is 12.5 Å². The molecule has 0 aliphatic heterocycles. The Hall–Kier alpha value is -1.19. The van der Waals surface area contributed by atoms with Gasteiger partial charge in [-0.25, -0.2) is 0 Å². The Balaban J connectivity index is 1.88. The lowest BCUT2D eigenvalue weighted by Crippen LogP contribution is -2.02. The summed E-state index contributed by atoms with van der Waals surface area (Å²) < 4.78 is 11.8. The van der Waals surface area contributed by atoms with E-state index in [1.807, 2.05) is 42.5 Å². The average Bonchev–Trinajstić information content (AvgIpc) is 2.49. The lowest BCUT2D eigenvalue weighted by atomic mass is 10.1. The number of alkyl halides is 1. The van der Waals surface area contributed by atoms with Gasteiger partial charge in [0.15, 0.2) is 0 Å². The van der Waals surface area contributed by atoms with Gasteiger partial charge in [-0.3, -0.25) is 0 Å². The van der Waals surface area contributed by atoms with Crippen molar-refractivity contribution in [3.05, 3.63) is 58.1 Å². The molecule has 20 heavy (non-hydrogen) atoms. The number of methoxy groups -OCH3 is 1. The van der Waals surface area contributed by atoms with Gasteiger partial charge in [0, 0.05) is 12.3 Å². The van der Waals surface area contributed by atoms with Gasteiger partial charge in [0.2, 0.25) is 0 Å². The molecule has 0 radical (unpaired) electrons. The van der Waals surface area contributed by atoms with Crippen LogP contribution >= 0.6 is 27.5 Å². The summed E-state index contributed by atoms with van der Waals surface area (Å²) in [5, 5.41) is 0. The van der Waals surface area contributed by atoms with Crippen molar-refractivity contribution in [1.82, 2.24) is 0 Å². The number of hydrogen-bond donors (Lipinski definition) is 0. The molecule has 0 atom stereocenters. The van der Waals surface area contributed by atoms with Gasteiger partial charge < -0.3 is 9.47 Å². The van der Waals surface area contributed by atoms with Crippen LogP contribution in [0.5, 0.6) is 11.5 Å². The SMILES string of the molecule is COc1ccc(CCOc2ccc(CCl)cc2Br)cc1. The van der Waals surface area contributed by atoms with Gasteiger partial charge in [-0.2, -0.15) is 0 Å². The molecule has 4 heteroatoms. The molecule has 0 spiro atoms. The van der Waals surface area contributed by atoms with E-state index in [9.17, 15) is 0 Å². The van der Waals surface area contributed by atoms with Crippen LogP contribution in [0.3, 0.4) is 0 Å². The number of rotatable bonds is 6. The van der Waals surface area contributed by atoms with Gasteiger partial charge in [0.05, 0.1) is 18.2 Å². The van der Waals surface area contributed by atoms with Crippen molar-refractivity contribution >= 4 is 27.5 Å². The Bertz CT molecular complexity index is 555. The highest BCUT2D eigenvalue weighted by molar-refractivity contribution is 9.10. The molecule has 2 aromatic carbocycles. The molecular weight excluding hydrogens is 340 g/mol. The van der Waals surface area contributed by atoms with Crippen molar-refractivity contribution < 1.29 is 9.47 Å². The molecule has 0 aromatic heterocycles. The Morgan fingerprint density at radius 2 is 1.75 bits per heavy atom. The molecule has 0 saturated heterocycles. The molecule has 0 amide bonds. The van der Waals surface area contributed by atoms with E-state index in [1.54, 1.807) is 7.11 Å². The van der Waals surface area contributed by atoms with Crippen LogP contribution in [0, 0.1) is 0 Å². The van der Waals surface area contributed by atoms with E-state index in [0.717, 1.165) is 28.0 Å². The maximum absolute atomic E-state index is 5.79. The van der Waals surface area contributed by atoms with Crippen molar-refractivity contribution in [1.29, 1.82) is 0 Å². The van der Waals surface area contributed by atoms with E-state index in [2.05, 4.69) is 15.9 Å². The summed E-state index contributed by atoms with van der Waals surface area (Å²) in [5.74, 6) is 2.21. The third-order valence-electron chi connectivity index (χ3n) is 2.96. The fraction of sp³-hybridized carbons (Fsp3) is 0.250. The zero-order valence-corrected chi connectivity index (χ0v) is 13.6. The molecule has 2 aromatic rings. The molecule has 0 aliphatic carbocycles. The number of ether oxygens (including phenoxy) is 2. The van der Waals surface area contributed by atoms with E-state index < -0.39 is 0 Å². The van der Waals surface area contributed by atoms with E-state index in [1.165, 1.54) is 5.56 Å². The van der Waals surface area contributed by atoms with Crippen LogP contribution in [0.2, 0.25) is 0 Å². The van der Waals surface area contributed by atoms with Gasteiger partial charge >= 0.3 is 0 Å². The maximum atomic E-state index is 5.79. The molecular formula is C16H16BrClO2. The number of hydrogen-bond acceptors (Lipinski definition) is 2. The topological polar surface area (TPSA) is 18.5 Å². The first-order valence-electron chi connectivity index (χ1n) is 6.33. The summed E-state index contributed by atoms with van der Waals surface area (Å²) >= 11 is 9.28. The van der Waals surface area contributed by atoms with Gasteiger partial charge in [-0.15, -0.1) is 11.6 Å². The zero-order valence-electron chi connectivity index (χ0n) is 11.2. The third-order valence-corrected chi connectivity index (χ3v) is 3.89. The molecule has 0 aliphatic rings. The van der Waals surface area contributed by atoms with Crippen LogP contribution in [0.15, 0.2) is 46.9 Å². The highest BCUT2D eigenvalue weighted by atomic mass is 79.9. The predicted octanol–water partition coefficient (Wildman–Crippen LogP) is 4.82. The fourth-order valence-electron chi connectivity index (χ4n) is 1.82. The summed E-state index contributed by atoms with van der Waals surface area (Å²) in [6.07, 6.45) is 0.855. The minimum atomic E-state index is 0.505. The first-order valence-corrected chi connectivity index (χ1v) is 7.66. The molecule has 0 unspecified atom stereocenters. The minimum absolute atomic E-state index is 0.505. The first kappa shape index (κ1) is 15.2. The van der Waals surface area contributed by atoms with Crippen LogP contribution < -0.4 is 9.47 Å². The Morgan fingerprint density at radius 1 is 1.05 bits per heavy atom. The van der Waals surface area contributed by atoms with Crippen molar-refractivity contribution in [3.8, 4) is 11.5 Å². The van der Waals surface area contributed by atoms with E-state index in [-0.39, 0.29) is 0 Å². The summed E-state index contributed by atoms with van der Waals surface area (Å²) in [5.41, 5.74) is 2.29. The predicted molar refractivity (Wildman–Crippen MR) is 85.9 cm³/mol. The minimum Gasteiger partial charge on any atom is -0.497 e. The Kier molecular flexibility index (Phi) is 5.74. The molecule has 2 nitrogen and oxygen atoms in total. The Morgan fingerprint density at radius 3 is 2.35 bits per heavy atom. The standard InChI is InChI=1S/C16H16BrClO2/c1-19-14-5-2-12(3-6-14)8-9-20-16-7-4-13(11-18)10-15(16)17/h2-7,10H,8-9,11H2,1H3. The number of benzene rings is 2. The summed E-state index contributed by atoms with van der Waals surface area (Å²) in [7, 11) is 1.67. The Labute approximate surface area is 132 Å². The molecule has 0 N–H and O–H groups in total. The largest absolute Gasteiger partial charge is 0.497 e. The van der Waals surface area contributed by atoms with Crippen LogP contribution in [-0.2, 0) is 12.3 Å². The first-order chi connectivity index (χ1) is 9.72. The van der Waals surface area contributed by atoms with Gasteiger partial charge in [0.25, 0.3) is 0 Å². The monoisotopic (exact) mass is 354 g/mol. The summed E-state index contributed by atoms with van der Waals surface area (Å²) in [6.45, 7) is 0.630. The molecule has 2 rings (SSSR count). The molecule has 0 heterocycles. The highest BCUT2D eigenvalue weighted by Crippen LogP contribution is 2.26. The quantitative estimate of drug-likeness (QED) is 0.692. The molecule has 0 saturated carbocycles. The second-order valence-electron chi connectivity index (χ2n) is 4.34. The highest BCUT2D eigenvalue weighted by Gasteiger charge is 2.03. The lowest BCUT2D eigenvalue weighted by Gasteiger charge is -2.09.